The van der Waals surface area contributed by atoms with Crippen molar-refractivity contribution in [1.82, 2.24) is 0 Å². The van der Waals surface area contributed by atoms with Crippen LogP contribution in [0.3, 0.4) is 0 Å². The fourth-order valence-corrected chi connectivity index (χ4v) is 2.45. The van der Waals surface area contributed by atoms with Crippen molar-refractivity contribution in [3.8, 4) is 11.1 Å². The Balaban J connectivity index is 2.10. The van der Waals surface area contributed by atoms with Gasteiger partial charge in [0.25, 0.3) is 0 Å². The number of carboxylic acid groups (broad SMARTS) is 1. The largest absolute Gasteiger partial charge is 0.480 e. The molecule has 2 aromatic carbocycles. The van der Waals surface area contributed by atoms with Crippen LogP contribution in [0.25, 0.3) is 11.1 Å². The Morgan fingerprint density at radius 2 is 1.60 bits per heavy atom. The molecule has 0 aromatic heterocycles. The molecule has 20 heavy (non-hydrogen) atoms. The van der Waals surface area contributed by atoms with Gasteiger partial charge in [0.05, 0.1) is 0 Å². The number of aliphatic carboxylic acids is 1. The van der Waals surface area contributed by atoms with Crippen LogP contribution in [0.5, 0.6) is 0 Å². The van der Waals surface area contributed by atoms with Crippen molar-refractivity contribution in [1.29, 1.82) is 0 Å². The maximum absolute atomic E-state index is 10.8. The highest BCUT2D eigenvalue weighted by Gasteiger charge is 2.18. The van der Waals surface area contributed by atoms with Gasteiger partial charge in [-0.1, -0.05) is 61.5 Å². The summed E-state index contributed by atoms with van der Waals surface area (Å²) < 4.78 is 0. The van der Waals surface area contributed by atoms with Crippen LogP contribution in [0, 0.1) is 0 Å². The van der Waals surface area contributed by atoms with E-state index in [1.165, 1.54) is 5.56 Å². The smallest absolute Gasteiger partial charge is 0.321 e. The molecule has 0 fully saturated rings. The van der Waals surface area contributed by atoms with E-state index in [9.17, 15) is 4.79 Å². The zero-order chi connectivity index (χ0) is 14.5. The molecular formula is C17H17ClO2. The van der Waals surface area contributed by atoms with Crippen LogP contribution in [0.15, 0.2) is 54.6 Å². The normalized spacial score (nSPS) is 13.7. The van der Waals surface area contributed by atoms with Gasteiger partial charge in [-0.15, -0.1) is 11.6 Å². The van der Waals surface area contributed by atoms with Crippen LogP contribution in [0.1, 0.15) is 24.8 Å². The number of hydrogen-bond donors (Lipinski definition) is 1. The van der Waals surface area contributed by atoms with Gasteiger partial charge in [0, 0.05) is 0 Å². The molecule has 0 aliphatic carbocycles. The summed E-state index contributed by atoms with van der Waals surface area (Å²) in [7, 11) is 0. The topological polar surface area (TPSA) is 37.3 Å². The summed E-state index contributed by atoms with van der Waals surface area (Å²) >= 11 is 5.79. The van der Waals surface area contributed by atoms with Crippen molar-refractivity contribution in [2.45, 2.75) is 24.6 Å². The van der Waals surface area contributed by atoms with Gasteiger partial charge in [-0.25, -0.2) is 0 Å². The van der Waals surface area contributed by atoms with Crippen LogP contribution in [-0.4, -0.2) is 16.5 Å². The molecule has 2 unspecified atom stereocenters. The van der Waals surface area contributed by atoms with E-state index in [1.54, 1.807) is 0 Å². The molecule has 3 heteroatoms. The lowest BCUT2D eigenvalue weighted by Gasteiger charge is -2.14. The monoisotopic (exact) mass is 288 g/mol. The van der Waals surface area contributed by atoms with E-state index < -0.39 is 11.3 Å². The molecule has 0 spiro atoms. The molecule has 1 N–H and O–H groups in total. The highest BCUT2D eigenvalue weighted by atomic mass is 35.5. The van der Waals surface area contributed by atoms with Gasteiger partial charge in [0.1, 0.15) is 5.38 Å². The summed E-state index contributed by atoms with van der Waals surface area (Å²) in [6.07, 6.45) is 0.432. The van der Waals surface area contributed by atoms with E-state index in [-0.39, 0.29) is 5.92 Å². The van der Waals surface area contributed by atoms with Crippen molar-refractivity contribution >= 4 is 17.6 Å². The molecule has 2 rings (SSSR count). The molecule has 0 saturated carbocycles. The molecule has 2 nitrogen and oxygen atoms in total. The molecule has 2 atom stereocenters. The van der Waals surface area contributed by atoms with Crippen molar-refractivity contribution in [3.63, 3.8) is 0 Å². The third kappa shape index (κ3) is 3.61. The van der Waals surface area contributed by atoms with E-state index in [0.29, 0.717) is 6.42 Å². The van der Waals surface area contributed by atoms with E-state index in [4.69, 9.17) is 16.7 Å². The Morgan fingerprint density at radius 1 is 1.05 bits per heavy atom. The molecule has 0 heterocycles. The molecule has 0 saturated heterocycles. The number of carboxylic acids is 1. The average Bonchev–Trinajstić information content (AvgIpc) is 2.48. The minimum atomic E-state index is -0.959. The van der Waals surface area contributed by atoms with Crippen molar-refractivity contribution in [2.75, 3.05) is 0 Å². The van der Waals surface area contributed by atoms with Crippen LogP contribution >= 0.6 is 11.6 Å². The lowest BCUT2D eigenvalue weighted by Crippen LogP contribution is -2.15. The number of hydrogen-bond acceptors (Lipinski definition) is 1. The van der Waals surface area contributed by atoms with Crippen LogP contribution in [0.2, 0.25) is 0 Å². The molecule has 104 valence electrons. The predicted molar refractivity (Wildman–Crippen MR) is 82.2 cm³/mol. The number of benzene rings is 2. The molecular weight excluding hydrogens is 272 g/mol. The highest BCUT2D eigenvalue weighted by Crippen LogP contribution is 2.26. The second kappa shape index (κ2) is 6.58. The van der Waals surface area contributed by atoms with Crippen molar-refractivity contribution in [3.05, 3.63) is 60.2 Å². The van der Waals surface area contributed by atoms with Crippen LogP contribution in [-0.2, 0) is 4.79 Å². The number of rotatable bonds is 5. The Labute approximate surface area is 124 Å². The van der Waals surface area contributed by atoms with Gasteiger partial charge < -0.3 is 5.11 Å². The molecule has 0 aliphatic heterocycles. The highest BCUT2D eigenvalue weighted by molar-refractivity contribution is 6.29. The minimum absolute atomic E-state index is 0.124. The first kappa shape index (κ1) is 14.6. The van der Waals surface area contributed by atoms with Gasteiger partial charge in [-0.2, -0.15) is 0 Å². The van der Waals surface area contributed by atoms with E-state index in [1.807, 2.05) is 37.3 Å². The second-order valence-electron chi connectivity index (χ2n) is 4.93. The maximum atomic E-state index is 10.8. The predicted octanol–water partition coefficient (Wildman–Crippen LogP) is 4.54. The quantitative estimate of drug-likeness (QED) is 0.820. The molecule has 2 aromatic rings. The van der Waals surface area contributed by atoms with Crippen molar-refractivity contribution < 1.29 is 9.90 Å². The lowest BCUT2D eigenvalue weighted by molar-refractivity contribution is -0.136. The number of halogens is 1. The zero-order valence-corrected chi connectivity index (χ0v) is 12.0. The summed E-state index contributed by atoms with van der Waals surface area (Å²) in [4.78, 5) is 10.8. The summed E-state index contributed by atoms with van der Waals surface area (Å²) in [6, 6.07) is 18.3. The number of alkyl halides is 1. The Kier molecular flexibility index (Phi) is 4.80. The average molecular weight is 289 g/mol. The van der Waals surface area contributed by atoms with Crippen LogP contribution < -0.4 is 0 Å². The Bertz CT molecular complexity index is 563. The summed E-state index contributed by atoms with van der Waals surface area (Å²) in [5.74, 6) is -0.835. The standard InChI is InChI=1S/C17H17ClO2/c1-12(11-16(18)17(19)20)13-7-9-15(10-8-13)14-5-3-2-4-6-14/h2-10,12,16H,11H2,1H3,(H,19,20). The van der Waals surface area contributed by atoms with E-state index in [0.717, 1.165) is 11.1 Å². The third-order valence-electron chi connectivity index (χ3n) is 3.42. The van der Waals surface area contributed by atoms with Gasteiger partial charge >= 0.3 is 5.97 Å². The molecule has 0 bridgehead atoms. The van der Waals surface area contributed by atoms with Gasteiger partial charge in [-0.05, 0) is 29.0 Å². The fraction of sp³-hybridized carbons (Fsp3) is 0.235. The zero-order valence-electron chi connectivity index (χ0n) is 11.3. The summed E-state index contributed by atoms with van der Waals surface area (Å²) in [5.41, 5.74) is 3.44. The minimum Gasteiger partial charge on any atom is -0.480 e. The maximum Gasteiger partial charge on any atom is 0.321 e. The molecule has 0 amide bonds. The van der Waals surface area contributed by atoms with E-state index in [2.05, 4.69) is 24.3 Å². The summed E-state index contributed by atoms with van der Waals surface area (Å²) in [6.45, 7) is 2.00. The lowest BCUT2D eigenvalue weighted by atomic mass is 9.94. The third-order valence-corrected chi connectivity index (χ3v) is 3.78. The van der Waals surface area contributed by atoms with Crippen LogP contribution in [0.4, 0.5) is 0 Å². The van der Waals surface area contributed by atoms with Gasteiger partial charge in [0.15, 0.2) is 0 Å². The SMILES string of the molecule is CC(CC(Cl)C(=O)O)c1ccc(-c2ccccc2)cc1. The first-order chi connectivity index (χ1) is 9.58. The van der Waals surface area contributed by atoms with E-state index >= 15 is 0 Å². The second-order valence-corrected chi connectivity index (χ2v) is 5.46. The van der Waals surface area contributed by atoms with Gasteiger partial charge in [-0.3, -0.25) is 4.79 Å². The number of carbonyl (C=O) groups is 1. The molecule has 0 radical (unpaired) electrons. The first-order valence-corrected chi connectivity index (χ1v) is 7.04. The Hall–Kier alpha value is -1.80. The van der Waals surface area contributed by atoms with Gasteiger partial charge in [0.2, 0.25) is 0 Å². The summed E-state index contributed by atoms with van der Waals surface area (Å²) in [5, 5.41) is 8.00. The first-order valence-electron chi connectivity index (χ1n) is 6.60. The van der Waals surface area contributed by atoms with Crippen molar-refractivity contribution in [2.24, 2.45) is 0 Å². The fourth-order valence-electron chi connectivity index (χ4n) is 2.18. The Morgan fingerprint density at radius 3 is 2.15 bits per heavy atom. The molecule has 0 aliphatic rings.